The van der Waals surface area contributed by atoms with E-state index in [1.807, 2.05) is 19.2 Å². The van der Waals surface area contributed by atoms with Crippen molar-refractivity contribution < 1.29 is 4.74 Å². The average molecular weight is 380 g/mol. The monoisotopic (exact) mass is 379 g/mol. The molecule has 1 aliphatic carbocycles. The number of aryl methyl sites for hydroxylation is 1. The highest BCUT2D eigenvalue weighted by Gasteiger charge is 2.17. The molecule has 2 aromatic carbocycles. The first-order valence-corrected chi connectivity index (χ1v) is 10.5. The molecule has 0 aliphatic heterocycles. The number of benzene rings is 2. The highest BCUT2D eigenvalue weighted by Crippen LogP contribution is 2.28. The molecule has 5 heteroatoms. The summed E-state index contributed by atoms with van der Waals surface area (Å²) < 4.78 is 8.12. The second kappa shape index (κ2) is 8.17. The van der Waals surface area contributed by atoms with Crippen LogP contribution in [-0.2, 0) is 12.8 Å². The van der Waals surface area contributed by atoms with Crippen molar-refractivity contribution in [3.8, 4) is 17.1 Å². The van der Waals surface area contributed by atoms with E-state index in [2.05, 4.69) is 58.1 Å². The number of thioether (sulfide) groups is 1. The summed E-state index contributed by atoms with van der Waals surface area (Å²) in [5.41, 5.74) is 3.71. The molecule has 1 aromatic heterocycles. The summed E-state index contributed by atoms with van der Waals surface area (Å²) in [6.45, 7) is 2.15. The van der Waals surface area contributed by atoms with E-state index in [0.29, 0.717) is 6.10 Å². The van der Waals surface area contributed by atoms with Crippen LogP contribution < -0.4 is 4.74 Å². The molecule has 27 heavy (non-hydrogen) atoms. The maximum Gasteiger partial charge on any atom is 0.191 e. The Morgan fingerprint density at radius 3 is 2.52 bits per heavy atom. The number of hydrogen-bond acceptors (Lipinski definition) is 4. The Labute approximate surface area is 165 Å². The first kappa shape index (κ1) is 18.1. The average Bonchev–Trinajstić information content (AvgIpc) is 3.32. The molecule has 1 aliphatic rings. The second-order valence-electron chi connectivity index (χ2n) is 7.13. The molecule has 0 saturated heterocycles. The molecule has 1 heterocycles. The van der Waals surface area contributed by atoms with Crippen molar-refractivity contribution in [2.75, 3.05) is 0 Å². The van der Waals surface area contributed by atoms with Gasteiger partial charge in [-0.2, -0.15) is 0 Å². The molecule has 0 unspecified atom stereocenters. The molecule has 0 spiro atoms. The fourth-order valence-corrected chi connectivity index (χ4v) is 4.47. The standard InChI is InChI=1S/C22H25N3OS/c1-16-7-3-4-8-18(16)15-27-22-24-23-21(25(22)2)17-11-13-20(14-12-17)26-19-9-5-6-10-19/h3-4,7-8,11-14,19H,5-6,9-10,15H2,1-2H3. The third-order valence-electron chi connectivity index (χ3n) is 5.17. The minimum absolute atomic E-state index is 0.384. The molecule has 0 radical (unpaired) electrons. The van der Waals surface area contributed by atoms with E-state index in [1.165, 1.54) is 36.8 Å². The van der Waals surface area contributed by atoms with Gasteiger partial charge in [0.2, 0.25) is 0 Å². The maximum absolute atomic E-state index is 6.05. The van der Waals surface area contributed by atoms with Gasteiger partial charge in [0, 0.05) is 18.4 Å². The van der Waals surface area contributed by atoms with Crippen LogP contribution in [0.4, 0.5) is 0 Å². The number of aromatic nitrogens is 3. The van der Waals surface area contributed by atoms with Gasteiger partial charge in [0.15, 0.2) is 11.0 Å². The summed E-state index contributed by atoms with van der Waals surface area (Å²) in [7, 11) is 2.03. The maximum atomic E-state index is 6.05. The molecule has 1 fully saturated rings. The zero-order valence-electron chi connectivity index (χ0n) is 15.9. The van der Waals surface area contributed by atoms with Gasteiger partial charge in [-0.05, 0) is 68.0 Å². The third-order valence-corrected chi connectivity index (χ3v) is 6.24. The highest BCUT2D eigenvalue weighted by atomic mass is 32.2. The van der Waals surface area contributed by atoms with Crippen LogP contribution in [0.3, 0.4) is 0 Å². The normalized spacial score (nSPS) is 14.6. The Kier molecular flexibility index (Phi) is 5.48. The van der Waals surface area contributed by atoms with Gasteiger partial charge in [-0.3, -0.25) is 0 Å². The number of nitrogens with zero attached hydrogens (tertiary/aromatic N) is 3. The zero-order chi connectivity index (χ0) is 18.6. The Bertz CT molecular complexity index is 898. The molecule has 0 bridgehead atoms. The van der Waals surface area contributed by atoms with E-state index in [0.717, 1.165) is 28.0 Å². The Morgan fingerprint density at radius 1 is 1.04 bits per heavy atom. The molecule has 0 atom stereocenters. The molecular formula is C22H25N3OS. The van der Waals surface area contributed by atoms with Crippen LogP contribution in [0.1, 0.15) is 36.8 Å². The van der Waals surface area contributed by atoms with E-state index >= 15 is 0 Å². The lowest BCUT2D eigenvalue weighted by atomic mass is 10.1. The third kappa shape index (κ3) is 4.19. The number of ether oxygens (including phenoxy) is 1. The van der Waals surface area contributed by atoms with E-state index < -0.39 is 0 Å². The fourth-order valence-electron chi connectivity index (χ4n) is 3.49. The fraction of sp³-hybridized carbons (Fsp3) is 0.364. The lowest BCUT2D eigenvalue weighted by Gasteiger charge is -2.13. The van der Waals surface area contributed by atoms with Gasteiger partial charge in [0.05, 0.1) is 6.10 Å². The quantitative estimate of drug-likeness (QED) is 0.537. The molecule has 4 rings (SSSR count). The van der Waals surface area contributed by atoms with E-state index in [9.17, 15) is 0 Å². The van der Waals surface area contributed by atoms with Crippen LogP contribution in [0, 0.1) is 6.92 Å². The van der Waals surface area contributed by atoms with Crippen LogP contribution in [0.15, 0.2) is 53.7 Å². The highest BCUT2D eigenvalue weighted by molar-refractivity contribution is 7.98. The topological polar surface area (TPSA) is 39.9 Å². The van der Waals surface area contributed by atoms with E-state index in [-0.39, 0.29) is 0 Å². The summed E-state index contributed by atoms with van der Waals surface area (Å²) in [6.07, 6.45) is 5.30. The van der Waals surface area contributed by atoms with E-state index in [1.54, 1.807) is 11.8 Å². The Morgan fingerprint density at radius 2 is 1.78 bits per heavy atom. The van der Waals surface area contributed by atoms with Gasteiger partial charge in [-0.25, -0.2) is 0 Å². The first-order valence-electron chi connectivity index (χ1n) is 9.54. The SMILES string of the molecule is Cc1ccccc1CSc1nnc(-c2ccc(OC3CCCC3)cc2)n1C. The van der Waals surface area contributed by atoms with Gasteiger partial charge in [-0.1, -0.05) is 36.0 Å². The number of rotatable bonds is 6. The summed E-state index contributed by atoms with van der Waals surface area (Å²) in [5, 5.41) is 9.72. The summed E-state index contributed by atoms with van der Waals surface area (Å²) in [6, 6.07) is 16.7. The predicted molar refractivity (Wildman–Crippen MR) is 110 cm³/mol. The first-order chi connectivity index (χ1) is 13.2. The predicted octanol–water partition coefficient (Wildman–Crippen LogP) is 5.40. The van der Waals surface area contributed by atoms with Crippen LogP contribution >= 0.6 is 11.8 Å². The van der Waals surface area contributed by atoms with Crippen LogP contribution in [0.25, 0.3) is 11.4 Å². The molecule has 0 amide bonds. The second-order valence-corrected chi connectivity index (χ2v) is 8.07. The van der Waals surface area contributed by atoms with Crippen molar-refractivity contribution in [3.05, 3.63) is 59.7 Å². The molecule has 1 saturated carbocycles. The van der Waals surface area contributed by atoms with Crippen LogP contribution in [0.2, 0.25) is 0 Å². The van der Waals surface area contributed by atoms with E-state index in [4.69, 9.17) is 4.74 Å². The molecule has 3 aromatic rings. The summed E-state index contributed by atoms with van der Waals surface area (Å²) >= 11 is 1.72. The lowest BCUT2D eigenvalue weighted by molar-refractivity contribution is 0.210. The Balaban J connectivity index is 1.44. The summed E-state index contributed by atoms with van der Waals surface area (Å²) in [5.74, 6) is 2.73. The van der Waals surface area contributed by atoms with Crippen molar-refractivity contribution in [1.82, 2.24) is 14.8 Å². The number of hydrogen-bond donors (Lipinski definition) is 0. The van der Waals surface area contributed by atoms with Gasteiger partial charge < -0.3 is 9.30 Å². The minimum atomic E-state index is 0.384. The molecular weight excluding hydrogens is 354 g/mol. The molecule has 4 nitrogen and oxygen atoms in total. The van der Waals surface area contributed by atoms with Crippen molar-refractivity contribution in [3.63, 3.8) is 0 Å². The van der Waals surface area contributed by atoms with Gasteiger partial charge in [-0.15, -0.1) is 10.2 Å². The van der Waals surface area contributed by atoms with Crippen LogP contribution in [-0.4, -0.2) is 20.9 Å². The minimum Gasteiger partial charge on any atom is -0.490 e. The Hall–Kier alpha value is -2.27. The van der Waals surface area contributed by atoms with Crippen molar-refractivity contribution in [2.24, 2.45) is 7.05 Å². The van der Waals surface area contributed by atoms with Gasteiger partial charge >= 0.3 is 0 Å². The van der Waals surface area contributed by atoms with Crippen molar-refractivity contribution in [1.29, 1.82) is 0 Å². The van der Waals surface area contributed by atoms with Gasteiger partial charge in [0.25, 0.3) is 0 Å². The largest absolute Gasteiger partial charge is 0.490 e. The zero-order valence-corrected chi connectivity index (χ0v) is 16.7. The summed E-state index contributed by atoms with van der Waals surface area (Å²) in [4.78, 5) is 0. The van der Waals surface area contributed by atoms with Crippen molar-refractivity contribution in [2.45, 2.75) is 49.6 Å². The lowest BCUT2D eigenvalue weighted by Crippen LogP contribution is -2.10. The van der Waals surface area contributed by atoms with Crippen molar-refractivity contribution >= 4 is 11.8 Å². The smallest absolute Gasteiger partial charge is 0.191 e. The molecule has 140 valence electrons. The van der Waals surface area contributed by atoms with Crippen LogP contribution in [0.5, 0.6) is 5.75 Å². The molecule has 0 N–H and O–H groups in total. The van der Waals surface area contributed by atoms with Gasteiger partial charge in [0.1, 0.15) is 5.75 Å².